The first-order valence-corrected chi connectivity index (χ1v) is 6.42. The normalized spacial score (nSPS) is 10.8. The van der Waals surface area contributed by atoms with E-state index in [9.17, 15) is 9.59 Å². The molecule has 1 N–H and O–H groups in total. The van der Waals surface area contributed by atoms with Crippen LogP contribution in [0.4, 0.5) is 0 Å². The van der Waals surface area contributed by atoms with Crippen LogP contribution in [-0.2, 0) is 6.42 Å². The van der Waals surface area contributed by atoms with Crippen molar-refractivity contribution in [3.63, 3.8) is 0 Å². The van der Waals surface area contributed by atoms with Crippen LogP contribution in [0.3, 0.4) is 0 Å². The van der Waals surface area contributed by atoms with E-state index in [4.69, 9.17) is 4.42 Å². The molecule has 4 nitrogen and oxygen atoms in total. The number of hydrogen-bond acceptors (Lipinski definition) is 3. The van der Waals surface area contributed by atoms with Crippen molar-refractivity contribution in [2.75, 3.05) is 0 Å². The van der Waals surface area contributed by atoms with E-state index in [1.165, 1.54) is 0 Å². The van der Waals surface area contributed by atoms with Gasteiger partial charge in [-0.25, -0.2) is 4.79 Å². The second-order valence-electron chi connectivity index (χ2n) is 4.63. The lowest BCUT2D eigenvalue weighted by atomic mass is 10.0. The van der Waals surface area contributed by atoms with Gasteiger partial charge in [-0.1, -0.05) is 30.3 Å². The predicted octanol–water partition coefficient (Wildman–Crippen LogP) is 2.94. The molecule has 3 aromatic rings. The number of fused-ring (bicyclic) bond motifs is 1. The maximum absolute atomic E-state index is 12.1. The molecule has 1 heterocycles. The number of H-pyrrole nitrogens is 1. The zero-order valence-electron chi connectivity index (χ0n) is 10.8. The quantitative estimate of drug-likeness (QED) is 0.739. The summed E-state index contributed by atoms with van der Waals surface area (Å²) in [7, 11) is 0. The van der Waals surface area contributed by atoms with Crippen molar-refractivity contribution in [2.45, 2.75) is 12.8 Å². The maximum atomic E-state index is 12.1. The number of oxazole rings is 1. The van der Waals surface area contributed by atoms with Crippen LogP contribution in [0.25, 0.3) is 11.1 Å². The zero-order chi connectivity index (χ0) is 13.9. The smallest absolute Gasteiger partial charge is 0.408 e. The van der Waals surface area contributed by atoms with Crippen LogP contribution in [0.2, 0.25) is 0 Å². The van der Waals surface area contributed by atoms with Crippen LogP contribution in [0.1, 0.15) is 22.3 Å². The van der Waals surface area contributed by atoms with Crippen molar-refractivity contribution < 1.29 is 9.21 Å². The molecule has 20 heavy (non-hydrogen) atoms. The van der Waals surface area contributed by atoms with Crippen LogP contribution in [-0.4, -0.2) is 10.8 Å². The lowest BCUT2D eigenvalue weighted by Gasteiger charge is -2.01. The zero-order valence-corrected chi connectivity index (χ0v) is 10.8. The number of benzene rings is 2. The highest BCUT2D eigenvalue weighted by atomic mass is 16.4. The number of aromatic amines is 1. The van der Waals surface area contributed by atoms with Gasteiger partial charge in [0.1, 0.15) is 0 Å². The van der Waals surface area contributed by atoms with E-state index in [1.807, 2.05) is 30.3 Å². The molecular formula is C16H13NO3. The molecule has 2 aromatic carbocycles. The molecule has 0 aliphatic rings. The van der Waals surface area contributed by atoms with E-state index in [-0.39, 0.29) is 5.78 Å². The molecule has 0 radical (unpaired) electrons. The van der Waals surface area contributed by atoms with Crippen molar-refractivity contribution in [3.8, 4) is 0 Å². The molecule has 4 heteroatoms. The molecule has 0 spiro atoms. The highest BCUT2D eigenvalue weighted by molar-refractivity contribution is 5.98. The number of ketones is 1. The van der Waals surface area contributed by atoms with Crippen LogP contribution in [0, 0.1) is 0 Å². The molecule has 0 saturated carbocycles. The largest absolute Gasteiger partial charge is 0.417 e. The topological polar surface area (TPSA) is 63.1 Å². The SMILES string of the molecule is O=C(CCc1ccccc1)c1ccc2[nH]c(=O)oc2c1. The van der Waals surface area contributed by atoms with Crippen molar-refractivity contribution in [2.24, 2.45) is 0 Å². The Morgan fingerprint density at radius 3 is 2.70 bits per heavy atom. The first-order chi connectivity index (χ1) is 9.72. The Morgan fingerprint density at radius 2 is 1.90 bits per heavy atom. The summed E-state index contributed by atoms with van der Waals surface area (Å²) in [4.78, 5) is 25.8. The van der Waals surface area contributed by atoms with Gasteiger partial charge >= 0.3 is 5.76 Å². The summed E-state index contributed by atoms with van der Waals surface area (Å²) in [6, 6.07) is 14.9. The van der Waals surface area contributed by atoms with Gasteiger partial charge in [-0.05, 0) is 30.2 Å². The van der Waals surface area contributed by atoms with Gasteiger partial charge in [0.05, 0.1) is 5.52 Å². The van der Waals surface area contributed by atoms with Crippen molar-refractivity contribution in [1.29, 1.82) is 0 Å². The van der Waals surface area contributed by atoms with Gasteiger partial charge in [0.2, 0.25) is 0 Å². The van der Waals surface area contributed by atoms with Gasteiger partial charge in [0.15, 0.2) is 11.4 Å². The minimum atomic E-state index is -0.506. The van der Waals surface area contributed by atoms with Crippen LogP contribution in [0.15, 0.2) is 57.7 Å². The maximum Gasteiger partial charge on any atom is 0.417 e. The van der Waals surface area contributed by atoms with E-state index < -0.39 is 5.76 Å². The Bertz CT molecular complexity index is 799. The molecule has 0 unspecified atom stereocenters. The molecule has 3 rings (SSSR count). The Morgan fingerprint density at radius 1 is 1.10 bits per heavy atom. The standard InChI is InChI=1S/C16H13NO3/c18-14(9-6-11-4-2-1-3-5-11)12-7-8-13-15(10-12)20-16(19)17-13/h1-5,7-8,10H,6,9H2,(H,17,19). The molecule has 1 aromatic heterocycles. The summed E-state index contributed by atoms with van der Waals surface area (Å²) < 4.78 is 4.96. The minimum Gasteiger partial charge on any atom is -0.408 e. The number of hydrogen-bond donors (Lipinski definition) is 1. The molecule has 0 atom stereocenters. The summed E-state index contributed by atoms with van der Waals surface area (Å²) in [6.07, 6.45) is 1.14. The van der Waals surface area contributed by atoms with Crippen molar-refractivity contribution in [1.82, 2.24) is 4.98 Å². The fourth-order valence-corrected chi connectivity index (χ4v) is 2.17. The average molecular weight is 267 g/mol. The van der Waals surface area contributed by atoms with E-state index in [0.717, 1.165) is 5.56 Å². The second kappa shape index (κ2) is 5.17. The molecular weight excluding hydrogens is 254 g/mol. The summed E-state index contributed by atoms with van der Waals surface area (Å²) in [5, 5.41) is 0. The van der Waals surface area contributed by atoms with Crippen LogP contribution in [0.5, 0.6) is 0 Å². The Kier molecular flexibility index (Phi) is 3.21. The highest BCUT2D eigenvalue weighted by Crippen LogP contribution is 2.15. The second-order valence-corrected chi connectivity index (χ2v) is 4.63. The summed E-state index contributed by atoms with van der Waals surface area (Å²) >= 11 is 0. The molecule has 0 bridgehead atoms. The Balaban J connectivity index is 1.76. The van der Waals surface area contributed by atoms with Gasteiger partial charge in [-0.15, -0.1) is 0 Å². The van der Waals surface area contributed by atoms with Gasteiger partial charge < -0.3 is 4.42 Å². The number of carbonyl (C=O) groups is 1. The number of nitrogens with one attached hydrogen (secondary N) is 1. The molecule has 0 amide bonds. The number of carbonyl (C=O) groups excluding carboxylic acids is 1. The van der Waals surface area contributed by atoms with Gasteiger partial charge in [-0.2, -0.15) is 0 Å². The summed E-state index contributed by atoms with van der Waals surface area (Å²) in [6.45, 7) is 0. The number of rotatable bonds is 4. The fraction of sp³-hybridized carbons (Fsp3) is 0.125. The minimum absolute atomic E-state index is 0.0413. The van der Waals surface area contributed by atoms with Crippen LogP contribution < -0.4 is 5.76 Å². The van der Waals surface area contributed by atoms with E-state index in [0.29, 0.717) is 29.5 Å². The summed E-state index contributed by atoms with van der Waals surface area (Å²) in [5.74, 6) is -0.464. The van der Waals surface area contributed by atoms with E-state index in [2.05, 4.69) is 4.98 Å². The lowest BCUT2D eigenvalue weighted by molar-refractivity contribution is 0.0983. The number of aryl methyl sites for hydroxylation is 1. The third-order valence-corrected chi connectivity index (χ3v) is 3.23. The van der Waals surface area contributed by atoms with E-state index in [1.54, 1.807) is 18.2 Å². The Hall–Kier alpha value is -2.62. The van der Waals surface area contributed by atoms with Crippen LogP contribution >= 0.6 is 0 Å². The number of aromatic nitrogens is 1. The predicted molar refractivity (Wildman–Crippen MR) is 75.9 cm³/mol. The molecule has 0 saturated heterocycles. The Labute approximate surface area is 115 Å². The monoisotopic (exact) mass is 267 g/mol. The first-order valence-electron chi connectivity index (χ1n) is 6.42. The molecule has 0 aliphatic carbocycles. The third kappa shape index (κ3) is 2.54. The van der Waals surface area contributed by atoms with Crippen molar-refractivity contribution in [3.05, 3.63) is 70.2 Å². The highest BCUT2D eigenvalue weighted by Gasteiger charge is 2.09. The van der Waals surface area contributed by atoms with Gasteiger partial charge in [-0.3, -0.25) is 9.78 Å². The summed E-state index contributed by atoms with van der Waals surface area (Å²) in [5.41, 5.74) is 2.72. The first kappa shape index (κ1) is 12.4. The average Bonchev–Trinajstić information content (AvgIpc) is 2.85. The molecule has 0 aliphatic heterocycles. The third-order valence-electron chi connectivity index (χ3n) is 3.23. The van der Waals surface area contributed by atoms with Gasteiger partial charge in [0.25, 0.3) is 0 Å². The number of Topliss-reactive ketones (excluding diaryl/α,β-unsaturated/α-hetero) is 1. The van der Waals surface area contributed by atoms with E-state index >= 15 is 0 Å². The van der Waals surface area contributed by atoms with Gasteiger partial charge in [0, 0.05) is 12.0 Å². The fourth-order valence-electron chi connectivity index (χ4n) is 2.17. The molecule has 0 fully saturated rings. The van der Waals surface area contributed by atoms with Crippen molar-refractivity contribution >= 4 is 16.9 Å². The lowest BCUT2D eigenvalue weighted by Crippen LogP contribution is -2.00. The molecule has 100 valence electrons.